The highest BCUT2D eigenvalue weighted by molar-refractivity contribution is 7.13. The molecule has 0 atom stereocenters. The third-order valence-electron chi connectivity index (χ3n) is 2.66. The number of aromatic nitrogens is 1. The maximum absolute atomic E-state index is 12.2. The van der Waals surface area contributed by atoms with Crippen LogP contribution in [0.1, 0.15) is 34.2 Å². The molecule has 0 saturated carbocycles. The maximum atomic E-state index is 12.2. The van der Waals surface area contributed by atoms with E-state index in [9.17, 15) is 4.79 Å². The molecule has 1 N–H and O–H groups in total. The Bertz CT molecular complexity index is 401. The first-order valence-electron chi connectivity index (χ1n) is 6.32. The zero-order valence-electron chi connectivity index (χ0n) is 11.9. The Morgan fingerprint density at radius 1 is 1.50 bits per heavy atom. The smallest absolute Gasteiger partial charge is 0.265 e. The van der Waals surface area contributed by atoms with Crippen molar-refractivity contribution >= 4 is 17.2 Å². The summed E-state index contributed by atoms with van der Waals surface area (Å²) in [5, 5.41) is 4.11. The minimum Gasteiger partial charge on any atom is -0.340 e. The molecular formula is C13H23N3OS. The Morgan fingerprint density at radius 3 is 2.72 bits per heavy atom. The van der Waals surface area contributed by atoms with Gasteiger partial charge in [0.15, 0.2) is 0 Å². The van der Waals surface area contributed by atoms with Gasteiger partial charge in [0.25, 0.3) is 5.91 Å². The van der Waals surface area contributed by atoms with E-state index in [4.69, 9.17) is 0 Å². The van der Waals surface area contributed by atoms with E-state index in [0.29, 0.717) is 12.5 Å². The molecule has 1 aromatic rings. The van der Waals surface area contributed by atoms with E-state index >= 15 is 0 Å². The number of carbonyl (C=O) groups is 1. The SMILES string of the molecule is CNCCN(C)C(=O)c1sc(CC(C)C)nc1C. The second kappa shape index (κ2) is 6.85. The van der Waals surface area contributed by atoms with Crippen LogP contribution in [0.15, 0.2) is 0 Å². The van der Waals surface area contributed by atoms with Crippen molar-refractivity contribution < 1.29 is 4.79 Å². The standard InChI is InChI=1S/C13H23N3OS/c1-9(2)8-11-15-10(3)12(18-11)13(17)16(5)7-6-14-4/h9,14H,6-8H2,1-5H3. The van der Waals surface area contributed by atoms with E-state index in [1.54, 1.807) is 4.90 Å². The third-order valence-corrected chi connectivity index (χ3v) is 3.83. The van der Waals surface area contributed by atoms with Gasteiger partial charge in [0.2, 0.25) is 0 Å². The van der Waals surface area contributed by atoms with E-state index < -0.39 is 0 Å². The topological polar surface area (TPSA) is 45.2 Å². The molecule has 0 aliphatic heterocycles. The van der Waals surface area contributed by atoms with Crippen LogP contribution in [0.4, 0.5) is 0 Å². The molecule has 5 heteroatoms. The highest BCUT2D eigenvalue weighted by atomic mass is 32.1. The van der Waals surface area contributed by atoms with Crippen molar-refractivity contribution in [1.29, 1.82) is 0 Å². The molecule has 0 aliphatic carbocycles. The van der Waals surface area contributed by atoms with Crippen molar-refractivity contribution in [2.45, 2.75) is 27.2 Å². The molecule has 0 bridgehead atoms. The number of hydrogen-bond donors (Lipinski definition) is 1. The van der Waals surface area contributed by atoms with E-state index in [1.807, 2.05) is 21.0 Å². The Hall–Kier alpha value is -0.940. The molecule has 0 fully saturated rings. The second-order valence-corrected chi connectivity index (χ2v) is 6.03. The van der Waals surface area contributed by atoms with Crippen molar-refractivity contribution in [3.05, 3.63) is 15.6 Å². The van der Waals surface area contributed by atoms with Gasteiger partial charge in [-0.25, -0.2) is 4.98 Å². The van der Waals surface area contributed by atoms with Crippen LogP contribution in [-0.4, -0.2) is 43.0 Å². The summed E-state index contributed by atoms with van der Waals surface area (Å²) in [6.07, 6.45) is 0.943. The number of rotatable bonds is 6. The largest absolute Gasteiger partial charge is 0.340 e. The molecule has 1 amide bonds. The number of carbonyl (C=O) groups excluding carboxylic acids is 1. The summed E-state index contributed by atoms with van der Waals surface area (Å²) < 4.78 is 0. The van der Waals surface area contributed by atoms with Gasteiger partial charge in [-0.3, -0.25) is 4.79 Å². The summed E-state index contributed by atoms with van der Waals surface area (Å²) >= 11 is 1.53. The first-order valence-corrected chi connectivity index (χ1v) is 7.13. The number of hydrogen-bond acceptors (Lipinski definition) is 4. The van der Waals surface area contributed by atoms with Crippen LogP contribution in [0.5, 0.6) is 0 Å². The van der Waals surface area contributed by atoms with E-state index in [0.717, 1.165) is 28.5 Å². The van der Waals surface area contributed by atoms with Crippen molar-refractivity contribution in [2.75, 3.05) is 27.2 Å². The van der Waals surface area contributed by atoms with Crippen LogP contribution < -0.4 is 5.32 Å². The van der Waals surface area contributed by atoms with Crippen molar-refractivity contribution in [3.8, 4) is 0 Å². The summed E-state index contributed by atoms with van der Waals surface area (Å²) in [6, 6.07) is 0. The molecule has 102 valence electrons. The number of nitrogens with one attached hydrogen (secondary N) is 1. The first-order chi connectivity index (χ1) is 8.45. The summed E-state index contributed by atoms with van der Waals surface area (Å²) in [7, 11) is 3.72. The Morgan fingerprint density at radius 2 is 2.17 bits per heavy atom. The fourth-order valence-electron chi connectivity index (χ4n) is 1.64. The van der Waals surface area contributed by atoms with Crippen LogP contribution in [0.2, 0.25) is 0 Å². The zero-order valence-corrected chi connectivity index (χ0v) is 12.7. The molecule has 0 spiro atoms. The van der Waals surface area contributed by atoms with Gasteiger partial charge >= 0.3 is 0 Å². The monoisotopic (exact) mass is 269 g/mol. The molecule has 0 aliphatic rings. The Labute approximate surface area is 113 Å². The van der Waals surface area contributed by atoms with Crippen molar-refractivity contribution in [1.82, 2.24) is 15.2 Å². The van der Waals surface area contributed by atoms with Gasteiger partial charge in [0, 0.05) is 26.6 Å². The molecular weight excluding hydrogens is 246 g/mol. The molecule has 4 nitrogen and oxygen atoms in total. The highest BCUT2D eigenvalue weighted by Crippen LogP contribution is 2.21. The molecule has 0 radical (unpaired) electrons. The van der Waals surface area contributed by atoms with E-state index in [1.165, 1.54) is 11.3 Å². The summed E-state index contributed by atoms with van der Waals surface area (Å²) in [6.45, 7) is 7.76. The second-order valence-electron chi connectivity index (χ2n) is 4.95. The minimum atomic E-state index is 0.0789. The molecule has 1 heterocycles. The fourth-order valence-corrected chi connectivity index (χ4v) is 2.91. The van der Waals surface area contributed by atoms with Gasteiger partial charge in [-0.05, 0) is 19.9 Å². The molecule has 0 aromatic carbocycles. The van der Waals surface area contributed by atoms with Crippen LogP contribution in [0, 0.1) is 12.8 Å². The number of aryl methyl sites for hydroxylation is 1. The van der Waals surface area contributed by atoms with E-state index in [-0.39, 0.29) is 5.91 Å². The summed E-state index contributed by atoms with van der Waals surface area (Å²) in [5.74, 6) is 0.649. The quantitative estimate of drug-likeness (QED) is 0.858. The van der Waals surface area contributed by atoms with Gasteiger partial charge in [-0.15, -0.1) is 11.3 Å². The molecule has 0 saturated heterocycles. The lowest BCUT2D eigenvalue weighted by Gasteiger charge is -2.15. The first kappa shape index (κ1) is 15.1. The zero-order chi connectivity index (χ0) is 13.7. The lowest BCUT2D eigenvalue weighted by atomic mass is 10.1. The number of nitrogens with zero attached hydrogens (tertiary/aromatic N) is 2. The predicted octanol–water partition coefficient (Wildman–Crippen LogP) is 1.94. The predicted molar refractivity (Wildman–Crippen MR) is 76.3 cm³/mol. The number of thiazole rings is 1. The third kappa shape index (κ3) is 4.07. The van der Waals surface area contributed by atoms with Crippen molar-refractivity contribution in [2.24, 2.45) is 5.92 Å². The number of amides is 1. The van der Waals surface area contributed by atoms with Gasteiger partial charge in [-0.1, -0.05) is 13.8 Å². The lowest BCUT2D eigenvalue weighted by molar-refractivity contribution is 0.0800. The fraction of sp³-hybridized carbons (Fsp3) is 0.692. The molecule has 1 rings (SSSR count). The van der Waals surface area contributed by atoms with Crippen LogP contribution in [-0.2, 0) is 6.42 Å². The normalized spacial score (nSPS) is 11.0. The summed E-state index contributed by atoms with van der Waals surface area (Å²) in [4.78, 5) is 19.3. The van der Waals surface area contributed by atoms with Gasteiger partial charge < -0.3 is 10.2 Å². The highest BCUT2D eigenvalue weighted by Gasteiger charge is 2.18. The van der Waals surface area contributed by atoms with Crippen LogP contribution >= 0.6 is 11.3 Å². The Balaban J connectivity index is 2.76. The minimum absolute atomic E-state index is 0.0789. The Kier molecular flexibility index (Phi) is 5.75. The van der Waals surface area contributed by atoms with Gasteiger partial charge in [0.05, 0.1) is 10.7 Å². The van der Waals surface area contributed by atoms with Crippen LogP contribution in [0.25, 0.3) is 0 Å². The van der Waals surface area contributed by atoms with Gasteiger partial charge in [0.1, 0.15) is 4.88 Å². The lowest BCUT2D eigenvalue weighted by Crippen LogP contribution is -2.32. The van der Waals surface area contributed by atoms with E-state index in [2.05, 4.69) is 24.1 Å². The molecule has 18 heavy (non-hydrogen) atoms. The molecule has 0 unspecified atom stereocenters. The average molecular weight is 269 g/mol. The summed E-state index contributed by atoms with van der Waals surface area (Å²) in [5.41, 5.74) is 0.858. The molecule has 1 aromatic heterocycles. The van der Waals surface area contributed by atoms with Crippen LogP contribution in [0.3, 0.4) is 0 Å². The van der Waals surface area contributed by atoms with Gasteiger partial charge in [-0.2, -0.15) is 0 Å². The van der Waals surface area contributed by atoms with Crippen molar-refractivity contribution in [3.63, 3.8) is 0 Å². The number of likely N-dealkylation sites (N-methyl/N-ethyl adjacent to an activating group) is 2. The maximum Gasteiger partial charge on any atom is 0.265 e. The average Bonchev–Trinajstić information content (AvgIpc) is 2.65.